The lowest BCUT2D eigenvalue weighted by Crippen LogP contribution is -2.10. The molecule has 0 amide bonds. The number of hydrogen-bond acceptors (Lipinski definition) is 2. The fourth-order valence-corrected chi connectivity index (χ4v) is 1.48. The lowest BCUT2D eigenvalue weighted by atomic mass is 9.97. The summed E-state index contributed by atoms with van der Waals surface area (Å²) < 4.78 is 0. The average molecular weight is 179 g/mol. The number of aromatic hydroxyl groups is 1. The predicted molar refractivity (Wildman–Crippen MR) is 54.7 cm³/mol. The van der Waals surface area contributed by atoms with E-state index >= 15 is 0 Å². The summed E-state index contributed by atoms with van der Waals surface area (Å²) in [6.07, 6.45) is 1.84. The minimum atomic E-state index is 0.0931. The van der Waals surface area contributed by atoms with Gasteiger partial charge in [0.25, 0.3) is 0 Å². The Balaban J connectivity index is 3.05. The van der Waals surface area contributed by atoms with Crippen LogP contribution < -0.4 is 5.73 Å². The summed E-state index contributed by atoms with van der Waals surface area (Å²) in [5.74, 6) is 0.323. The first kappa shape index (κ1) is 10.1. The SMILES string of the molecule is CCc1cc(O)ccc1C(N)CC. The molecular weight excluding hydrogens is 162 g/mol. The summed E-state index contributed by atoms with van der Waals surface area (Å²) in [6.45, 7) is 4.14. The monoisotopic (exact) mass is 179 g/mol. The number of phenolic OH excluding ortho intramolecular Hbond substituents is 1. The smallest absolute Gasteiger partial charge is 0.115 e. The maximum atomic E-state index is 9.28. The van der Waals surface area contributed by atoms with Crippen molar-refractivity contribution >= 4 is 0 Å². The largest absolute Gasteiger partial charge is 0.508 e. The Bertz CT molecular complexity index is 283. The number of phenols is 1. The van der Waals surface area contributed by atoms with Crippen LogP contribution in [-0.2, 0) is 6.42 Å². The Morgan fingerprint density at radius 1 is 1.38 bits per heavy atom. The highest BCUT2D eigenvalue weighted by Crippen LogP contribution is 2.23. The number of aryl methyl sites for hydroxylation is 1. The first-order valence-electron chi connectivity index (χ1n) is 4.76. The first-order chi connectivity index (χ1) is 6.19. The standard InChI is InChI=1S/C11H17NO/c1-3-8-7-9(13)5-6-10(8)11(12)4-2/h5-7,11,13H,3-4,12H2,1-2H3. The number of benzene rings is 1. The molecule has 0 bridgehead atoms. The van der Waals surface area contributed by atoms with E-state index in [1.165, 1.54) is 0 Å². The summed E-state index contributed by atoms with van der Waals surface area (Å²) in [4.78, 5) is 0. The van der Waals surface area contributed by atoms with Crippen LogP contribution in [-0.4, -0.2) is 5.11 Å². The molecule has 0 aliphatic carbocycles. The molecule has 0 spiro atoms. The highest BCUT2D eigenvalue weighted by molar-refractivity contribution is 5.36. The summed E-state index contributed by atoms with van der Waals surface area (Å²) in [6, 6.07) is 5.51. The Morgan fingerprint density at radius 3 is 2.62 bits per heavy atom. The Kier molecular flexibility index (Phi) is 3.32. The van der Waals surface area contributed by atoms with Crippen molar-refractivity contribution in [1.29, 1.82) is 0 Å². The van der Waals surface area contributed by atoms with Gasteiger partial charge in [-0.05, 0) is 36.1 Å². The maximum absolute atomic E-state index is 9.28. The van der Waals surface area contributed by atoms with Gasteiger partial charge in [-0.3, -0.25) is 0 Å². The van der Waals surface area contributed by atoms with Crippen molar-refractivity contribution in [3.8, 4) is 5.75 Å². The van der Waals surface area contributed by atoms with E-state index in [0.29, 0.717) is 5.75 Å². The second-order valence-corrected chi connectivity index (χ2v) is 3.25. The zero-order valence-corrected chi connectivity index (χ0v) is 8.25. The van der Waals surface area contributed by atoms with E-state index in [-0.39, 0.29) is 6.04 Å². The topological polar surface area (TPSA) is 46.2 Å². The number of rotatable bonds is 3. The normalized spacial score (nSPS) is 12.8. The molecule has 1 aromatic carbocycles. The number of hydrogen-bond donors (Lipinski definition) is 2. The Morgan fingerprint density at radius 2 is 2.08 bits per heavy atom. The van der Waals surface area contributed by atoms with E-state index in [0.717, 1.165) is 24.0 Å². The highest BCUT2D eigenvalue weighted by Gasteiger charge is 2.08. The van der Waals surface area contributed by atoms with E-state index in [2.05, 4.69) is 13.8 Å². The second-order valence-electron chi connectivity index (χ2n) is 3.25. The van der Waals surface area contributed by atoms with Gasteiger partial charge in [0.15, 0.2) is 0 Å². The third-order valence-corrected chi connectivity index (χ3v) is 2.35. The molecule has 1 unspecified atom stereocenters. The van der Waals surface area contributed by atoms with Crippen LogP contribution in [0.5, 0.6) is 5.75 Å². The molecule has 2 heteroatoms. The molecule has 13 heavy (non-hydrogen) atoms. The van der Waals surface area contributed by atoms with Gasteiger partial charge >= 0.3 is 0 Å². The second kappa shape index (κ2) is 4.28. The van der Waals surface area contributed by atoms with Crippen molar-refractivity contribution < 1.29 is 5.11 Å². The van der Waals surface area contributed by atoms with E-state index < -0.39 is 0 Å². The lowest BCUT2D eigenvalue weighted by molar-refractivity contribution is 0.474. The van der Waals surface area contributed by atoms with Gasteiger partial charge in [0.1, 0.15) is 5.75 Å². The van der Waals surface area contributed by atoms with Gasteiger partial charge in [-0.1, -0.05) is 19.9 Å². The average Bonchev–Trinajstić information content (AvgIpc) is 2.16. The van der Waals surface area contributed by atoms with Crippen LogP contribution in [0.15, 0.2) is 18.2 Å². The van der Waals surface area contributed by atoms with Gasteiger partial charge in [0.05, 0.1) is 0 Å². The molecular formula is C11H17NO. The summed E-state index contributed by atoms with van der Waals surface area (Å²) in [7, 11) is 0. The van der Waals surface area contributed by atoms with Gasteiger partial charge in [-0.15, -0.1) is 0 Å². The van der Waals surface area contributed by atoms with E-state index in [4.69, 9.17) is 5.73 Å². The van der Waals surface area contributed by atoms with Crippen molar-refractivity contribution in [3.63, 3.8) is 0 Å². The molecule has 0 aliphatic heterocycles. The molecule has 0 heterocycles. The molecule has 0 aliphatic rings. The lowest BCUT2D eigenvalue weighted by Gasteiger charge is -2.13. The fraction of sp³-hybridized carbons (Fsp3) is 0.455. The summed E-state index contributed by atoms with van der Waals surface area (Å²) >= 11 is 0. The van der Waals surface area contributed by atoms with Gasteiger partial charge in [-0.2, -0.15) is 0 Å². The number of nitrogens with two attached hydrogens (primary N) is 1. The van der Waals surface area contributed by atoms with E-state index in [1.54, 1.807) is 12.1 Å². The third-order valence-electron chi connectivity index (χ3n) is 2.35. The van der Waals surface area contributed by atoms with Crippen molar-refractivity contribution in [2.75, 3.05) is 0 Å². The molecule has 0 saturated carbocycles. The van der Waals surface area contributed by atoms with Crippen LogP contribution in [0.25, 0.3) is 0 Å². The molecule has 2 nitrogen and oxygen atoms in total. The Labute approximate surface area is 79.4 Å². The molecule has 0 saturated heterocycles. The minimum Gasteiger partial charge on any atom is -0.508 e. The molecule has 1 atom stereocenters. The van der Waals surface area contributed by atoms with Gasteiger partial charge in [0, 0.05) is 6.04 Å². The van der Waals surface area contributed by atoms with Crippen LogP contribution >= 0.6 is 0 Å². The molecule has 0 radical (unpaired) electrons. The summed E-state index contributed by atoms with van der Waals surface area (Å²) in [5.41, 5.74) is 8.24. The zero-order valence-electron chi connectivity index (χ0n) is 8.25. The van der Waals surface area contributed by atoms with Gasteiger partial charge in [-0.25, -0.2) is 0 Å². The quantitative estimate of drug-likeness (QED) is 0.748. The van der Waals surface area contributed by atoms with Crippen molar-refractivity contribution in [1.82, 2.24) is 0 Å². The van der Waals surface area contributed by atoms with E-state index in [9.17, 15) is 5.11 Å². The molecule has 0 aromatic heterocycles. The first-order valence-corrected chi connectivity index (χ1v) is 4.76. The van der Waals surface area contributed by atoms with Crippen LogP contribution in [0.3, 0.4) is 0 Å². The molecule has 0 fully saturated rings. The van der Waals surface area contributed by atoms with E-state index in [1.807, 2.05) is 6.07 Å². The van der Waals surface area contributed by atoms with Crippen molar-refractivity contribution in [3.05, 3.63) is 29.3 Å². The fourth-order valence-electron chi connectivity index (χ4n) is 1.48. The molecule has 3 N–H and O–H groups in total. The molecule has 72 valence electrons. The highest BCUT2D eigenvalue weighted by atomic mass is 16.3. The third kappa shape index (κ3) is 2.22. The van der Waals surface area contributed by atoms with Crippen LogP contribution in [0.1, 0.15) is 37.4 Å². The van der Waals surface area contributed by atoms with Crippen molar-refractivity contribution in [2.45, 2.75) is 32.7 Å². The molecule has 1 aromatic rings. The zero-order chi connectivity index (χ0) is 9.84. The van der Waals surface area contributed by atoms with Gasteiger partial charge in [0.2, 0.25) is 0 Å². The Hall–Kier alpha value is -1.02. The molecule has 1 rings (SSSR count). The van der Waals surface area contributed by atoms with Crippen LogP contribution in [0.4, 0.5) is 0 Å². The van der Waals surface area contributed by atoms with Crippen LogP contribution in [0, 0.1) is 0 Å². The maximum Gasteiger partial charge on any atom is 0.115 e. The summed E-state index contributed by atoms with van der Waals surface area (Å²) in [5, 5.41) is 9.28. The van der Waals surface area contributed by atoms with Crippen LogP contribution in [0.2, 0.25) is 0 Å². The van der Waals surface area contributed by atoms with Crippen molar-refractivity contribution in [2.24, 2.45) is 5.73 Å². The van der Waals surface area contributed by atoms with Gasteiger partial charge < -0.3 is 10.8 Å². The predicted octanol–water partition coefficient (Wildman–Crippen LogP) is 2.36. The minimum absolute atomic E-state index is 0.0931.